The van der Waals surface area contributed by atoms with E-state index in [2.05, 4.69) is 60.8 Å². The maximum absolute atomic E-state index is 2.55. The highest BCUT2D eigenvalue weighted by Crippen LogP contribution is 2.50. The van der Waals surface area contributed by atoms with Crippen molar-refractivity contribution in [2.24, 2.45) is 23.7 Å². The van der Waals surface area contributed by atoms with Gasteiger partial charge in [0.2, 0.25) is 0 Å². The summed E-state index contributed by atoms with van der Waals surface area (Å²) >= 11 is 0. The van der Waals surface area contributed by atoms with Gasteiger partial charge in [-0.2, -0.15) is 0 Å². The summed E-state index contributed by atoms with van der Waals surface area (Å²) in [6.45, 7) is 0. The molecule has 4 atom stereocenters. The van der Waals surface area contributed by atoms with E-state index in [9.17, 15) is 0 Å². The molecule has 0 N–H and O–H groups in total. The molecule has 0 fully saturated rings. The van der Waals surface area contributed by atoms with Crippen LogP contribution in [0.3, 0.4) is 0 Å². The molecule has 0 radical (unpaired) electrons. The highest BCUT2D eigenvalue weighted by molar-refractivity contribution is 5.49. The van der Waals surface area contributed by atoms with E-state index in [0.717, 1.165) is 5.92 Å². The van der Waals surface area contributed by atoms with Crippen molar-refractivity contribution in [1.82, 2.24) is 0 Å². The van der Waals surface area contributed by atoms with Gasteiger partial charge in [0.05, 0.1) is 0 Å². The number of fused-ring (bicyclic) bond motifs is 6. The Morgan fingerprint density at radius 3 is 2.95 bits per heavy atom. The van der Waals surface area contributed by atoms with E-state index in [4.69, 9.17) is 0 Å². The van der Waals surface area contributed by atoms with Crippen LogP contribution >= 0.6 is 0 Å². The Kier molecular flexibility index (Phi) is 2.44. The van der Waals surface area contributed by atoms with Crippen LogP contribution in [0, 0.1) is 23.7 Å². The molecule has 0 spiro atoms. The molecule has 0 saturated heterocycles. The number of hydrogen-bond acceptors (Lipinski definition) is 0. The standard InChI is InChI=1S/C21H20/c1-2-7-19-15(5-1)8-9-17-12-20-16-6-3-4-14(10-16)11-18(20)13-21(17)19/h1-5,7-10,12,16,18-19,21H,6,11,13H2. The summed E-state index contributed by atoms with van der Waals surface area (Å²) in [5.74, 6) is 2.76. The number of rotatable bonds is 0. The lowest BCUT2D eigenvalue weighted by molar-refractivity contribution is 0.357. The summed E-state index contributed by atoms with van der Waals surface area (Å²) in [6.07, 6.45) is 27.4. The predicted octanol–water partition coefficient (Wildman–Crippen LogP) is 5.06. The number of hydrogen-bond donors (Lipinski definition) is 0. The predicted molar refractivity (Wildman–Crippen MR) is 87.6 cm³/mol. The first kappa shape index (κ1) is 11.8. The maximum atomic E-state index is 2.55. The lowest BCUT2D eigenvalue weighted by Gasteiger charge is -2.42. The second kappa shape index (κ2) is 4.34. The van der Waals surface area contributed by atoms with Gasteiger partial charge in [0.1, 0.15) is 0 Å². The first-order chi connectivity index (χ1) is 10.4. The molecule has 0 aromatic rings. The lowest BCUT2D eigenvalue weighted by atomic mass is 9.62. The van der Waals surface area contributed by atoms with Crippen molar-refractivity contribution in [3.63, 3.8) is 0 Å². The Morgan fingerprint density at radius 2 is 1.95 bits per heavy atom. The van der Waals surface area contributed by atoms with Crippen LogP contribution in [0.15, 0.2) is 83.1 Å². The molecule has 0 saturated carbocycles. The summed E-state index contributed by atoms with van der Waals surface area (Å²) in [4.78, 5) is 0. The average Bonchev–Trinajstić information content (AvgIpc) is 2.54. The molecular weight excluding hydrogens is 252 g/mol. The van der Waals surface area contributed by atoms with Crippen molar-refractivity contribution in [1.29, 1.82) is 0 Å². The first-order valence-electron chi connectivity index (χ1n) is 8.24. The van der Waals surface area contributed by atoms with Crippen molar-refractivity contribution in [2.75, 3.05) is 0 Å². The van der Waals surface area contributed by atoms with Crippen LogP contribution in [0.25, 0.3) is 0 Å². The van der Waals surface area contributed by atoms with Crippen molar-refractivity contribution in [3.05, 3.63) is 83.1 Å². The number of allylic oxidation sites excluding steroid dienone is 14. The molecule has 0 amide bonds. The van der Waals surface area contributed by atoms with E-state index in [-0.39, 0.29) is 0 Å². The fraction of sp³-hybridized carbons (Fsp3) is 0.333. The molecular formula is C21H20. The Labute approximate surface area is 126 Å². The summed E-state index contributed by atoms with van der Waals surface area (Å²) < 4.78 is 0. The molecule has 2 bridgehead atoms. The van der Waals surface area contributed by atoms with Crippen LogP contribution in [0.1, 0.15) is 19.3 Å². The van der Waals surface area contributed by atoms with Crippen LogP contribution in [0.4, 0.5) is 0 Å². The minimum Gasteiger partial charge on any atom is -0.0834 e. The van der Waals surface area contributed by atoms with Gasteiger partial charge in [-0.3, -0.25) is 0 Å². The summed E-state index contributed by atoms with van der Waals surface area (Å²) in [5.41, 5.74) is 6.35. The molecule has 0 heteroatoms. The van der Waals surface area contributed by atoms with Gasteiger partial charge in [0.15, 0.2) is 0 Å². The van der Waals surface area contributed by atoms with E-state index in [1.807, 2.05) is 0 Å². The zero-order valence-corrected chi connectivity index (χ0v) is 12.2. The smallest absolute Gasteiger partial charge is 0.00900 e. The SMILES string of the molecule is C1=CC2=CC=C3C=C4C5C=C(C=CC5)CC4CC3C2C=C1. The van der Waals surface area contributed by atoms with Crippen molar-refractivity contribution >= 4 is 0 Å². The highest BCUT2D eigenvalue weighted by atomic mass is 14.4. The normalized spacial score (nSPS) is 38.5. The molecule has 5 aliphatic rings. The van der Waals surface area contributed by atoms with Crippen LogP contribution in [-0.4, -0.2) is 0 Å². The lowest BCUT2D eigenvalue weighted by Crippen LogP contribution is -2.31. The Hall–Kier alpha value is -1.82. The molecule has 0 aromatic heterocycles. The minimum absolute atomic E-state index is 0.610. The third kappa shape index (κ3) is 1.75. The molecule has 104 valence electrons. The second-order valence-corrected chi connectivity index (χ2v) is 6.98. The molecule has 0 aliphatic heterocycles. The van der Waals surface area contributed by atoms with Gasteiger partial charge in [-0.15, -0.1) is 0 Å². The Morgan fingerprint density at radius 1 is 1.00 bits per heavy atom. The van der Waals surface area contributed by atoms with Crippen molar-refractivity contribution in [2.45, 2.75) is 19.3 Å². The van der Waals surface area contributed by atoms with E-state index in [1.54, 1.807) is 16.7 Å². The second-order valence-electron chi connectivity index (χ2n) is 6.98. The fourth-order valence-electron chi connectivity index (χ4n) is 4.83. The van der Waals surface area contributed by atoms with E-state index >= 15 is 0 Å². The van der Waals surface area contributed by atoms with Crippen molar-refractivity contribution < 1.29 is 0 Å². The van der Waals surface area contributed by atoms with E-state index in [0.29, 0.717) is 17.8 Å². The molecule has 0 heterocycles. The Balaban J connectivity index is 1.57. The molecule has 21 heavy (non-hydrogen) atoms. The van der Waals surface area contributed by atoms with Gasteiger partial charge in [-0.25, -0.2) is 0 Å². The molecule has 5 rings (SSSR count). The third-order valence-electron chi connectivity index (χ3n) is 5.82. The highest BCUT2D eigenvalue weighted by Gasteiger charge is 2.38. The first-order valence-corrected chi connectivity index (χ1v) is 8.24. The molecule has 0 nitrogen and oxygen atoms in total. The Bertz CT molecular complexity index is 702. The quantitative estimate of drug-likeness (QED) is 0.578. The zero-order valence-electron chi connectivity index (χ0n) is 12.2. The van der Waals surface area contributed by atoms with Crippen LogP contribution < -0.4 is 0 Å². The summed E-state index contributed by atoms with van der Waals surface area (Å²) in [6, 6.07) is 0. The van der Waals surface area contributed by atoms with Crippen molar-refractivity contribution in [3.8, 4) is 0 Å². The zero-order chi connectivity index (χ0) is 13.8. The van der Waals surface area contributed by atoms with Crippen LogP contribution in [-0.2, 0) is 0 Å². The van der Waals surface area contributed by atoms with Gasteiger partial charge in [-0.05, 0) is 42.2 Å². The molecule has 4 unspecified atom stereocenters. The van der Waals surface area contributed by atoms with Gasteiger partial charge in [0.25, 0.3) is 0 Å². The van der Waals surface area contributed by atoms with Gasteiger partial charge in [0, 0.05) is 11.8 Å². The largest absolute Gasteiger partial charge is 0.0834 e. The summed E-state index contributed by atoms with van der Waals surface area (Å²) in [7, 11) is 0. The fourth-order valence-corrected chi connectivity index (χ4v) is 4.83. The molecule has 0 aromatic carbocycles. The van der Waals surface area contributed by atoms with Crippen LogP contribution in [0.2, 0.25) is 0 Å². The average molecular weight is 272 g/mol. The topological polar surface area (TPSA) is 0 Å². The monoisotopic (exact) mass is 272 g/mol. The van der Waals surface area contributed by atoms with Gasteiger partial charge >= 0.3 is 0 Å². The van der Waals surface area contributed by atoms with E-state index < -0.39 is 0 Å². The minimum atomic E-state index is 0.610. The van der Waals surface area contributed by atoms with Crippen LogP contribution in [0.5, 0.6) is 0 Å². The van der Waals surface area contributed by atoms with E-state index in [1.165, 1.54) is 24.8 Å². The third-order valence-corrected chi connectivity index (χ3v) is 5.82. The van der Waals surface area contributed by atoms with Gasteiger partial charge in [-0.1, -0.05) is 71.9 Å². The maximum Gasteiger partial charge on any atom is 0.00900 e. The summed E-state index contributed by atoms with van der Waals surface area (Å²) in [5, 5.41) is 0. The molecule has 5 aliphatic carbocycles. The van der Waals surface area contributed by atoms with Gasteiger partial charge < -0.3 is 0 Å².